The van der Waals surface area contributed by atoms with Crippen LogP contribution in [0.5, 0.6) is 0 Å². The summed E-state index contributed by atoms with van der Waals surface area (Å²) in [6.45, 7) is 0. The molecule has 0 unspecified atom stereocenters. The summed E-state index contributed by atoms with van der Waals surface area (Å²) in [6.07, 6.45) is 1.77. The second-order valence-electron chi connectivity index (χ2n) is 3.04. The molecule has 0 spiro atoms. The van der Waals surface area contributed by atoms with E-state index in [-0.39, 0.29) is 0 Å². The van der Waals surface area contributed by atoms with E-state index < -0.39 is 5.60 Å². The first kappa shape index (κ1) is 7.14. The van der Waals surface area contributed by atoms with Crippen molar-refractivity contribution in [2.75, 3.05) is 0 Å². The third kappa shape index (κ3) is 1.26. The van der Waals surface area contributed by atoms with Gasteiger partial charge in [-0.2, -0.15) is 0 Å². The Kier molecular flexibility index (Phi) is 1.44. The molecule has 1 aromatic rings. The fourth-order valence-corrected chi connectivity index (χ4v) is 1.29. The van der Waals surface area contributed by atoms with Gasteiger partial charge in [0.25, 0.3) is 0 Å². The van der Waals surface area contributed by atoms with E-state index in [4.69, 9.17) is 11.6 Å². The minimum absolute atomic E-state index is 0.523. The van der Waals surface area contributed by atoms with Crippen molar-refractivity contribution < 1.29 is 5.11 Å². The molecule has 1 aromatic carbocycles. The van der Waals surface area contributed by atoms with Crippen LogP contribution in [0.25, 0.3) is 0 Å². The quantitative estimate of drug-likeness (QED) is 0.683. The summed E-state index contributed by atoms with van der Waals surface area (Å²) in [7, 11) is 0. The van der Waals surface area contributed by atoms with E-state index in [9.17, 15) is 5.11 Å². The Morgan fingerprint density at radius 2 is 1.73 bits per heavy atom. The summed E-state index contributed by atoms with van der Waals surface area (Å²) in [4.78, 5) is 0. The lowest BCUT2D eigenvalue weighted by Gasteiger charge is -2.06. The van der Waals surface area contributed by atoms with Gasteiger partial charge in [0.2, 0.25) is 0 Å². The van der Waals surface area contributed by atoms with Crippen LogP contribution in [0.2, 0.25) is 5.02 Å². The van der Waals surface area contributed by atoms with Crippen molar-refractivity contribution >= 4 is 11.6 Å². The maximum absolute atomic E-state index is 9.65. The predicted molar refractivity (Wildman–Crippen MR) is 44.6 cm³/mol. The van der Waals surface area contributed by atoms with Gasteiger partial charge in [0, 0.05) is 5.02 Å². The number of benzene rings is 1. The van der Waals surface area contributed by atoms with Crippen molar-refractivity contribution in [1.82, 2.24) is 0 Å². The Balaban J connectivity index is 2.33. The molecule has 0 saturated heterocycles. The third-order valence-corrected chi connectivity index (χ3v) is 2.36. The molecule has 0 bridgehead atoms. The van der Waals surface area contributed by atoms with E-state index in [2.05, 4.69) is 0 Å². The number of halogens is 1. The standard InChI is InChI=1S/C9H9ClO/c10-8-3-1-7(2-4-8)9(11)5-6-9/h1-4,11H,5-6H2. The maximum atomic E-state index is 9.65. The molecular weight excluding hydrogens is 160 g/mol. The fraction of sp³-hybridized carbons (Fsp3) is 0.333. The fourth-order valence-electron chi connectivity index (χ4n) is 1.17. The lowest BCUT2D eigenvalue weighted by Crippen LogP contribution is -2.02. The van der Waals surface area contributed by atoms with Crippen molar-refractivity contribution in [2.24, 2.45) is 0 Å². The molecule has 0 aliphatic heterocycles. The Hall–Kier alpha value is -0.530. The van der Waals surface area contributed by atoms with Crippen molar-refractivity contribution in [1.29, 1.82) is 0 Å². The molecule has 11 heavy (non-hydrogen) atoms. The molecule has 2 rings (SSSR count). The van der Waals surface area contributed by atoms with Gasteiger partial charge in [-0.1, -0.05) is 23.7 Å². The van der Waals surface area contributed by atoms with Crippen LogP contribution in [0.1, 0.15) is 18.4 Å². The zero-order valence-electron chi connectivity index (χ0n) is 6.05. The summed E-state index contributed by atoms with van der Waals surface area (Å²) < 4.78 is 0. The number of hydrogen-bond acceptors (Lipinski definition) is 1. The SMILES string of the molecule is OC1(c2ccc(Cl)cc2)CC1. The average Bonchev–Trinajstić information content (AvgIpc) is 2.70. The molecule has 2 heteroatoms. The highest BCUT2D eigenvalue weighted by Gasteiger charge is 2.41. The molecule has 1 aliphatic carbocycles. The predicted octanol–water partition coefficient (Wildman–Crippen LogP) is 2.32. The van der Waals surface area contributed by atoms with Gasteiger partial charge in [-0.3, -0.25) is 0 Å². The minimum Gasteiger partial charge on any atom is -0.385 e. The lowest BCUT2D eigenvalue weighted by atomic mass is 10.1. The van der Waals surface area contributed by atoms with Gasteiger partial charge in [-0.15, -0.1) is 0 Å². The van der Waals surface area contributed by atoms with Gasteiger partial charge in [-0.05, 0) is 30.5 Å². The first-order valence-electron chi connectivity index (χ1n) is 3.69. The molecule has 1 N–H and O–H groups in total. The summed E-state index contributed by atoms with van der Waals surface area (Å²) >= 11 is 5.70. The molecule has 0 radical (unpaired) electrons. The van der Waals surface area contributed by atoms with Crippen LogP contribution < -0.4 is 0 Å². The second kappa shape index (κ2) is 2.23. The molecule has 1 aliphatic rings. The Morgan fingerprint density at radius 1 is 1.18 bits per heavy atom. The smallest absolute Gasteiger partial charge is 0.0899 e. The molecule has 1 fully saturated rings. The van der Waals surface area contributed by atoms with E-state index in [0.717, 1.165) is 23.4 Å². The topological polar surface area (TPSA) is 20.2 Å². The highest BCUT2D eigenvalue weighted by atomic mass is 35.5. The highest BCUT2D eigenvalue weighted by Crippen LogP contribution is 2.45. The van der Waals surface area contributed by atoms with Gasteiger partial charge in [0.1, 0.15) is 0 Å². The van der Waals surface area contributed by atoms with Crippen molar-refractivity contribution in [3.63, 3.8) is 0 Å². The Labute approximate surface area is 70.6 Å². The second-order valence-corrected chi connectivity index (χ2v) is 3.47. The van der Waals surface area contributed by atoms with E-state index in [0.29, 0.717) is 0 Å². The lowest BCUT2D eigenvalue weighted by molar-refractivity contribution is 0.151. The number of hydrogen-bond donors (Lipinski definition) is 1. The van der Waals surface area contributed by atoms with Crippen LogP contribution in [-0.4, -0.2) is 5.11 Å². The van der Waals surface area contributed by atoms with Crippen LogP contribution in [0.3, 0.4) is 0 Å². The van der Waals surface area contributed by atoms with Crippen LogP contribution in [0, 0.1) is 0 Å². The van der Waals surface area contributed by atoms with Gasteiger partial charge >= 0.3 is 0 Å². The summed E-state index contributed by atoms with van der Waals surface area (Å²) in [5, 5.41) is 10.4. The van der Waals surface area contributed by atoms with Crippen molar-refractivity contribution in [3.8, 4) is 0 Å². The monoisotopic (exact) mass is 168 g/mol. The molecule has 1 saturated carbocycles. The van der Waals surface area contributed by atoms with Crippen molar-refractivity contribution in [3.05, 3.63) is 34.9 Å². The number of rotatable bonds is 1. The summed E-state index contributed by atoms with van der Waals surface area (Å²) in [6, 6.07) is 7.39. The Morgan fingerprint density at radius 3 is 2.18 bits per heavy atom. The summed E-state index contributed by atoms with van der Waals surface area (Å²) in [5.41, 5.74) is 0.465. The van der Waals surface area contributed by atoms with Crippen LogP contribution in [0.4, 0.5) is 0 Å². The molecule has 0 amide bonds. The van der Waals surface area contributed by atoms with E-state index in [1.165, 1.54) is 0 Å². The first-order valence-corrected chi connectivity index (χ1v) is 4.07. The molecular formula is C9H9ClO. The number of aliphatic hydroxyl groups is 1. The molecule has 0 heterocycles. The van der Waals surface area contributed by atoms with Gasteiger partial charge in [-0.25, -0.2) is 0 Å². The maximum Gasteiger partial charge on any atom is 0.0899 e. The average molecular weight is 169 g/mol. The normalized spacial score (nSPS) is 19.8. The van der Waals surface area contributed by atoms with E-state index in [1.807, 2.05) is 24.3 Å². The molecule has 1 nitrogen and oxygen atoms in total. The van der Waals surface area contributed by atoms with E-state index in [1.54, 1.807) is 0 Å². The summed E-state index contributed by atoms with van der Waals surface area (Å²) in [5.74, 6) is 0. The zero-order valence-corrected chi connectivity index (χ0v) is 6.80. The highest BCUT2D eigenvalue weighted by molar-refractivity contribution is 6.30. The van der Waals surface area contributed by atoms with Crippen LogP contribution in [-0.2, 0) is 5.60 Å². The largest absolute Gasteiger partial charge is 0.385 e. The van der Waals surface area contributed by atoms with Crippen LogP contribution in [0.15, 0.2) is 24.3 Å². The Bertz CT molecular complexity index is 261. The molecule has 0 atom stereocenters. The molecule has 58 valence electrons. The van der Waals surface area contributed by atoms with Crippen LogP contribution >= 0.6 is 11.6 Å². The first-order chi connectivity index (χ1) is 5.21. The minimum atomic E-state index is -0.523. The van der Waals surface area contributed by atoms with Gasteiger partial charge < -0.3 is 5.11 Å². The zero-order chi connectivity index (χ0) is 7.90. The molecule has 0 aromatic heterocycles. The van der Waals surface area contributed by atoms with E-state index >= 15 is 0 Å². The van der Waals surface area contributed by atoms with Gasteiger partial charge in [0.05, 0.1) is 5.60 Å². The van der Waals surface area contributed by atoms with Crippen molar-refractivity contribution in [2.45, 2.75) is 18.4 Å². The third-order valence-electron chi connectivity index (χ3n) is 2.11. The van der Waals surface area contributed by atoms with Gasteiger partial charge in [0.15, 0.2) is 0 Å².